The van der Waals surface area contributed by atoms with E-state index in [9.17, 15) is 14.7 Å². The number of fused-ring (bicyclic) bond motifs is 2. The molecule has 12 heteroatoms. The van der Waals surface area contributed by atoms with E-state index in [-0.39, 0.29) is 17.9 Å². The number of carbonyl (C=O) groups is 2. The fourth-order valence-corrected chi connectivity index (χ4v) is 8.59. The van der Waals surface area contributed by atoms with Crippen molar-refractivity contribution in [2.24, 2.45) is 13.0 Å². The molecule has 3 aliphatic rings. The van der Waals surface area contributed by atoms with Gasteiger partial charge in [0.2, 0.25) is 0 Å². The monoisotopic (exact) mass is 731 g/mol. The largest absolute Gasteiger partial charge is 0.496 e. The summed E-state index contributed by atoms with van der Waals surface area (Å²) >= 11 is 13.8. The molecule has 1 aromatic heterocycles. The van der Waals surface area contributed by atoms with E-state index in [0.717, 1.165) is 71.4 Å². The van der Waals surface area contributed by atoms with E-state index in [4.69, 9.17) is 32.7 Å². The summed E-state index contributed by atoms with van der Waals surface area (Å²) in [7, 11) is 7.38. The van der Waals surface area contributed by atoms with Gasteiger partial charge in [-0.3, -0.25) is 14.5 Å². The number of nitrogens with zero attached hydrogens (tertiary/aromatic N) is 4. The van der Waals surface area contributed by atoms with Crippen LogP contribution in [-0.4, -0.2) is 69.6 Å². The molecule has 10 nitrogen and oxygen atoms in total. The highest BCUT2D eigenvalue weighted by Gasteiger charge is 2.62. The number of amides is 1. The van der Waals surface area contributed by atoms with E-state index >= 15 is 0 Å². The van der Waals surface area contributed by atoms with E-state index in [2.05, 4.69) is 28.3 Å². The topological polar surface area (TPSA) is 109 Å². The second-order valence-electron chi connectivity index (χ2n) is 14.0. The quantitative estimate of drug-likeness (QED) is 0.164. The van der Waals surface area contributed by atoms with Crippen molar-refractivity contribution < 1.29 is 24.2 Å². The third-order valence-electron chi connectivity index (χ3n) is 11.0. The van der Waals surface area contributed by atoms with Crippen molar-refractivity contribution in [3.63, 3.8) is 0 Å². The zero-order valence-corrected chi connectivity index (χ0v) is 31.1. The molecular weight excluding hydrogens is 689 g/mol. The van der Waals surface area contributed by atoms with Gasteiger partial charge in [-0.15, -0.1) is 0 Å². The molecule has 2 heterocycles. The zero-order valence-electron chi connectivity index (χ0n) is 29.6. The predicted molar refractivity (Wildman–Crippen MR) is 198 cm³/mol. The van der Waals surface area contributed by atoms with Crippen molar-refractivity contribution >= 4 is 40.8 Å². The number of carboxylic acids is 1. The van der Waals surface area contributed by atoms with Crippen molar-refractivity contribution in [1.29, 1.82) is 0 Å². The lowest BCUT2D eigenvalue weighted by Crippen LogP contribution is -2.42. The summed E-state index contributed by atoms with van der Waals surface area (Å²) in [4.78, 5) is 34.4. The van der Waals surface area contributed by atoms with Crippen molar-refractivity contribution in [3.05, 3.63) is 92.5 Å². The lowest BCUT2D eigenvalue weighted by molar-refractivity contribution is -0.145. The van der Waals surface area contributed by atoms with E-state index < -0.39 is 11.5 Å². The minimum Gasteiger partial charge on any atom is -0.496 e. The van der Waals surface area contributed by atoms with Gasteiger partial charge in [-0.1, -0.05) is 66.9 Å². The van der Waals surface area contributed by atoms with E-state index in [1.165, 1.54) is 0 Å². The Morgan fingerprint density at radius 1 is 1.10 bits per heavy atom. The molecule has 3 atom stereocenters. The van der Waals surface area contributed by atoms with Gasteiger partial charge in [0.05, 0.1) is 28.5 Å². The maximum Gasteiger partial charge on any atom is 0.324 e. The van der Waals surface area contributed by atoms with Crippen LogP contribution in [0, 0.1) is 5.92 Å². The number of aromatic nitrogens is 2. The molecule has 1 fully saturated rings. The van der Waals surface area contributed by atoms with Crippen LogP contribution >= 0.6 is 23.2 Å². The number of carboxylic acid groups (broad SMARTS) is 1. The Hall–Kier alpha value is -4.09. The van der Waals surface area contributed by atoms with Gasteiger partial charge in [-0.2, -0.15) is 0 Å². The van der Waals surface area contributed by atoms with Crippen LogP contribution in [0.25, 0.3) is 11.1 Å². The normalized spacial score (nSPS) is 20.9. The molecule has 1 amide bonds. The molecule has 0 bridgehead atoms. The van der Waals surface area contributed by atoms with Crippen LogP contribution in [0.5, 0.6) is 11.5 Å². The third kappa shape index (κ3) is 6.26. The van der Waals surface area contributed by atoms with Gasteiger partial charge in [0.25, 0.3) is 5.91 Å². The Morgan fingerprint density at radius 3 is 2.59 bits per heavy atom. The average molecular weight is 733 g/mol. The van der Waals surface area contributed by atoms with E-state index in [1.807, 2.05) is 60.8 Å². The number of hydrogen-bond acceptors (Lipinski definition) is 7. The number of ether oxygens (including phenoxy) is 2. The SMILES string of the molecule is CCC1CC1(C(=O)O)N(C)Cc1cc(Cl)c(OC2CCc3c(-c4cccc(NC(=O)c5nc6c(n5C)CCN(C)C6)c4Cl)cccc32)cc1OC. The smallest absolute Gasteiger partial charge is 0.324 e. The molecule has 1 aliphatic heterocycles. The highest BCUT2D eigenvalue weighted by molar-refractivity contribution is 6.36. The third-order valence-corrected chi connectivity index (χ3v) is 11.7. The highest BCUT2D eigenvalue weighted by atomic mass is 35.5. The van der Waals surface area contributed by atoms with Crippen molar-refractivity contribution in [1.82, 2.24) is 19.4 Å². The number of rotatable bonds is 11. The van der Waals surface area contributed by atoms with Crippen molar-refractivity contribution in [3.8, 4) is 22.6 Å². The van der Waals surface area contributed by atoms with Gasteiger partial charge in [-0.25, -0.2) is 4.98 Å². The highest BCUT2D eigenvalue weighted by Crippen LogP contribution is 2.51. The Kier molecular flexibility index (Phi) is 9.56. The van der Waals surface area contributed by atoms with Crippen LogP contribution in [0.15, 0.2) is 48.5 Å². The number of likely N-dealkylation sites (N-methyl/N-ethyl adjacent to an activating group) is 2. The van der Waals surface area contributed by atoms with Crippen LogP contribution in [0.2, 0.25) is 10.0 Å². The molecule has 3 aromatic carbocycles. The number of hydrogen-bond donors (Lipinski definition) is 2. The molecule has 2 N–H and O–H groups in total. The first-order valence-electron chi connectivity index (χ1n) is 17.4. The van der Waals surface area contributed by atoms with Gasteiger partial charge >= 0.3 is 5.97 Å². The maximum atomic E-state index is 13.5. The van der Waals surface area contributed by atoms with Gasteiger partial charge < -0.3 is 29.4 Å². The summed E-state index contributed by atoms with van der Waals surface area (Å²) in [6.07, 6.45) is 3.54. The number of nitrogens with one attached hydrogen (secondary N) is 1. The molecule has 1 saturated carbocycles. The zero-order chi connectivity index (χ0) is 36.2. The molecular formula is C39H43Cl2N5O5. The molecule has 7 rings (SSSR count). The first kappa shape index (κ1) is 35.3. The summed E-state index contributed by atoms with van der Waals surface area (Å²) in [6, 6.07) is 15.4. The first-order valence-corrected chi connectivity index (χ1v) is 18.1. The first-order chi connectivity index (χ1) is 24.5. The molecule has 268 valence electrons. The minimum absolute atomic E-state index is 0.117. The van der Waals surface area contributed by atoms with Gasteiger partial charge in [-0.05, 0) is 68.1 Å². The number of methoxy groups -OCH3 is 1. The van der Waals surface area contributed by atoms with Gasteiger partial charge in [0.15, 0.2) is 5.82 Å². The molecule has 3 unspecified atom stereocenters. The number of anilines is 1. The lowest BCUT2D eigenvalue weighted by atomic mass is 9.96. The molecule has 2 aliphatic carbocycles. The molecule has 0 radical (unpaired) electrons. The van der Waals surface area contributed by atoms with Crippen molar-refractivity contribution in [2.45, 2.75) is 63.8 Å². The Balaban J connectivity index is 1.10. The summed E-state index contributed by atoms with van der Waals surface area (Å²) in [5, 5.41) is 13.9. The van der Waals surface area contributed by atoms with Gasteiger partial charge in [0, 0.05) is 56.0 Å². The second kappa shape index (κ2) is 13.8. The molecule has 4 aromatic rings. The average Bonchev–Trinajstić information content (AvgIpc) is 3.61. The van der Waals surface area contributed by atoms with Crippen molar-refractivity contribution in [2.75, 3.05) is 33.1 Å². The fourth-order valence-electron chi connectivity index (χ4n) is 8.09. The second-order valence-corrected chi connectivity index (χ2v) is 14.8. The van der Waals surface area contributed by atoms with Gasteiger partial charge in [0.1, 0.15) is 23.1 Å². The Morgan fingerprint density at radius 2 is 1.86 bits per heavy atom. The van der Waals surface area contributed by atoms with Crippen LogP contribution in [-0.2, 0) is 37.8 Å². The van der Waals surface area contributed by atoms with E-state index in [0.29, 0.717) is 52.6 Å². The summed E-state index contributed by atoms with van der Waals surface area (Å²) in [6.45, 7) is 4.05. The molecule has 0 saturated heterocycles. The minimum atomic E-state index is -0.864. The standard InChI is InChI=1S/C39H43Cl2N5O5/c1-6-23-19-39(23,38(48)49)45(3)20-22-17-28(40)34(18-33(22)50-5)51-32-14-13-25-24(9-7-10-26(25)32)27-11-8-12-29(35(27)41)43-37(47)36-42-30-21-44(2)16-15-31(30)46(36)4/h7-12,17-18,23,32H,6,13-16,19-21H2,1-5H3,(H,43,47)(H,48,49). The summed E-state index contributed by atoms with van der Waals surface area (Å²) < 4.78 is 14.2. The lowest BCUT2D eigenvalue weighted by Gasteiger charge is -2.27. The van der Waals surface area contributed by atoms with Crippen LogP contribution < -0.4 is 14.8 Å². The number of imidazole rings is 1. The van der Waals surface area contributed by atoms with E-state index in [1.54, 1.807) is 19.2 Å². The van der Waals surface area contributed by atoms with Crippen LogP contribution in [0.1, 0.15) is 71.0 Å². The molecule has 0 spiro atoms. The number of halogens is 2. The maximum absolute atomic E-state index is 13.5. The Labute approximate surface area is 308 Å². The molecule has 51 heavy (non-hydrogen) atoms. The summed E-state index contributed by atoms with van der Waals surface area (Å²) in [5.41, 5.74) is 6.45. The Bertz CT molecular complexity index is 2030. The predicted octanol–water partition coefficient (Wildman–Crippen LogP) is 7.39. The van der Waals surface area contributed by atoms with Crippen LogP contribution in [0.4, 0.5) is 5.69 Å². The number of carbonyl (C=O) groups excluding carboxylic acids is 1. The number of aliphatic carboxylic acids is 1. The number of benzene rings is 3. The summed E-state index contributed by atoms with van der Waals surface area (Å²) in [5.74, 6) is 0.474. The fraction of sp³-hybridized carbons (Fsp3) is 0.410. The van der Waals surface area contributed by atoms with Crippen LogP contribution in [0.3, 0.4) is 0 Å².